The molecule has 2 fully saturated rings. The summed E-state index contributed by atoms with van der Waals surface area (Å²) < 4.78 is 16.9. The van der Waals surface area contributed by atoms with Gasteiger partial charge in [-0.1, -0.05) is 6.92 Å². The van der Waals surface area contributed by atoms with Crippen molar-refractivity contribution in [2.24, 2.45) is 11.6 Å². The number of hydrogen-bond acceptors (Lipinski definition) is 9. The molecule has 8 nitrogen and oxygen atoms in total. The molecule has 0 bridgehead atoms. The molecule has 9 heteroatoms. The van der Waals surface area contributed by atoms with Crippen LogP contribution in [0.15, 0.2) is 12.4 Å². The van der Waals surface area contributed by atoms with Crippen molar-refractivity contribution in [1.82, 2.24) is 9.99 Å². The van der Waals surface area contributed by atoms with E-state index in [0.29, 0.717) is 17.3 Å². The van der Waals surface area contributed by atoms with Gasteiger partial charge in [0.1, 0.15) is 35.5 Å². The number of aryl methyl sites for hydroxylation is 1. The summed E-state index contributed by atoms with van der Waals surface area (Å²) in [5.41, 5.74) is 6.62. The largest absolute Gasteiger partial charge is 0.395 e. The molecule has 4 N–H and O–H groups in total. The highest BCUT2D eigenvalue weighted by molar-refractivity contribution is 7.12. The topological polar surface area (TPSA) is 113 Å². The van der Waals surface area contributed by atoms with Crippen LogP contribution in [0.25, 0.3) is 5.70 Å². The van der Waals surface area contributed by atoms with Crippen molar-refractivity contribution in [3.8, 4) is 0 Å². The van der Waals surface area contributed by atoms with E-state index in [1.807, 2.05) is 6.20 Å². The molecule has 25 heavy (non-hydrogen) atoms. The first-order chi connectivity index (χ1) is 12.0. The number of nitrogens with two attached hydrogens (primary N) is 2. The Bertz CT molecular complexity index is 664. The maximum absolute atomic E-state index is 11.9. The summed E-state index contributed by atoms with van der Waals surface area (Å²) in [6.45, 7) is 3.99. The molecular formula is C16H24N4O4S. The van der Waals surface area contributed by atoms with Gasteiger partial charge in [-0.05, 0) is 13.3 Å². The molecule has 2 saturated heterocycles. The molecule has 0 amide bonds. The van der Waals surface area contributed by atoms with Crippen LogP contribution in [0.3, 0.4) is 0 Å². The first kappa shape index (κ1) is 18.3. The van der Waals surface area contributed by atoms with Gasteiger partial charge in [-0.15, -0.1) is 11.3 Å². The van der Waals surface area contributed by atoms with E-state index in [9.17, 15) is 4.79 Å². The van der Waals surface area contributed by atoms with Crippen molar-refractivity contribution >= 4 is 22.8 Å². The predicted octanol–water partition coefficient (Wildman–Crippen LogP) is 0.277. The molecule has 3 rings (SSSR count). The van der Waals surface area contributed by atoms with E-state index >= 15 is 0 Å². The van der Waals surface area contributed by atoms with Gasteiger partial charge in [0.15, 0.2) is 5.78 Å². The Morgan fingerprint density at radius 2 is 2.36 bits per heavy atom. The summed E-state index contributed by atoms with van der Waals surface area (Å²) in [5.74, 6) is 6.17. The van der Waals surface area contributed by atoms with Crippen LogP contribution in [0.1, 0.15) is 23.7 Å². The van der Waals surface area contributed by atoms with Crippen LogP contribution in [0.4, 0.5) is 0 Å². The highest BCUT2D eigenvalue weighted by Crippen LogP contribution is 2.34. The SMILES string of the molecule is CCc1cnc(/C(N)=C/N(N)C2C3OCC3OC(C(C)=O)C2OC)s1. The number of carbonyl (C=O) groups is 1. The highest BCUT2D eigenvalue weighted by Gasteiger charge is 2.54. The molecule has 0 spiro atoms. The van der Waals surface area contributed by atoms with E-state index in [4.69, 9.17) is 25.8 Å². The number of hydrazine groups is 1. The fraction of sp³-hybridized carbons (Fsp3) is 0.625. The molecule has 0 saturated carbocycles. The standard InChI is InChI=1S/C16H24N4O4S/c1-4-9-5-19-16(25-9)10(17)6-20(18)12-14-11(7-23-14)24-13(8(2)21)15(12)22-3/h5-6,11-15H,4,7,17-18H2,1-3H3/b10-6-. The Labute approximate surface area is 150 Å². The molecule has 0 aliphatic carbocycles. The summed E-state index contributed by atoms with van der Waals surface area (Å²) in [4.78, 5) is 17.4. The van der Waals surface area contributed by atoms with E-state index in [1.165, 1.54) is 30.4 Å². The van der Waals surface area contributed by atoms with Gasteiger partial charge in [-0.3, -0.25) is 4.79 Å². The number of carbonyl (C=O) groups excluding carboxylic acids is 1. The van der Waals surface area contributed by atoms with Crippen molar-refractivity contribution in [3.63, 3.8) is 0 Å². The Balaban J connectivity index is 1.83. The number of methoxy groups -OCH3 is 1. The minimum Gasteiger partial charge on any atom is -0.395 e. The molecule has 2 aliphatic heterocycles. The van der Waals surface area contributed by atoms with Gasteiger partial charge in [-0.25, -0.2) is 10.8 Å². The number of ether oxygens (including phenoxy) is 3. The van der Waals surface area contributed by atoms with E-state index < -0.39 is 12.2 Å². The second-order valence-corrected chi connectivity index (χ2v) is 7.33. The van der Waals surface area contributed by atoms with Crippen LogP contribution in [-0.4, -0.2) is 60.0 Å². The van der Waals surface area contributed by atoms with Crippen molar-refractivity contribution < 1.29 is 19.0 Å². The number of aromatic nitrogens is 1. The molecule has 1 aromatic heterocycles. The van der Waals surface area contributed by atoms with Crippen molar-refractivity contribution in [1.29, 1.82) is 0 Å². The first-order valence-electron chi connectivity index (χ1n) is 8.22. The number of rotatable bonds is 6. The Kier molecular flexibility index (Phi) is 5.40. The smallest absolute Gasteiger partial charge is 0.161 e. The minimum atomic E-state index is -0.674. The predicted molar refractivity (Wildman–Crippen MR) is 93.3 cm³/mol. The zero-order chi connectivity index (χ0) is 18.1. The van der Waals surface area contributed by atoms with Crippen molar-refractivity contribution in [2.75, 3.05) is 13.7 Å². The molecule has 2 aliphatic rings. The highest BCUT2D eigenvalue weighted by atomic mass is 32.1. The second kappa shape index (κ2) is 7.38. The molecule has 5 unspecified atom stereocenters. The van der Waals surface area contributed by atoms with Gasteiger partial charge in [0.05, 0.1) is 12.3 Å². The maximum Gasteiger partial charge on any atom is 0.161 e. The van der Waals surface area contributed by atoms with E-state index in [1.54, 1.807) is 6.20 Å². The van der Waals surface area contributed by atoms with Crippen LogP contribution in [0, 0.1) is 0 Å². The normalized spacial score (nSPS) is 32.0. The molecule has 1 aromatic rings. The average Bonchev–Trinajstić information content (AvgIpc) is 3.04. The lowest BCUT2D eigenvalue weighted by Crippen LogP contribution is -2.71. The third kappa shape index (κ3) is 3.42. The summed E-state index contributed by atoms with van der Waals surface area (Å²) in [6, 6.07) is -0.379. The summed E-state index contributed by atoms with van der Waals surface area (Å²) in [6.07, 6.45) is 2.68. The van der Waals surface area contributed by atoms with Crippen LogP contribution < -0.4 is 11.6 Å². The number of hydrogen-bond donors (Lipinski definition) is 2. The fourth-order valence-corrected chi connectivity index (χ4v) is 3.96. The van der Waals surface area contributed by atoms with E-state index in [2.05, 4.69) is 11.9 Å². The zero-order valence-corrected chi connectivity index (χ0v) is 15.4. The summed E-state index contributed by atoms with van der Waals surface area (Å²) in [7, 11) is 1.53. The Hall–Kier alpha value is -1.52. The van der Waals surface area contributed by atoms with Crippen LogP contribution in [0.5, 0.6) is 0 Å². The van der Waals surface area contributed by atoms with Gasteiger partial charge in [0.2, 0.25) is 0 Å². The first-order valence-corrected chi connectivity index (χ1v) is 9.03. The number of Topliss-reactive ketones (excluding diaryl/α,β-unsaturated/α-hetero) is 1. The number of ketones is 1. The lowest BCUT2D eigenvalue weighted by molar-refractivity contribution is -0.283. The van der Waals surface area contributed by atoms with Crippen molar-refractivity contribution in [2.45, 2.75) is 50.7 Å². The minimum absolute atomic E-state index is 0.0972. The monoisotopic (exact) mass is 368 g/mol. The Morgan fingerprint density at radius 3 is 2.88 bits per heavy atom. The molecule has 0 aromatic carbocycles. The molecule has 0 radical (unpaired) electrons. The van der Waals surface area contributed by atoms with Gasteiger partial charge >= 0.3 is 0 Å². The summed E-state index contributed by atoms with van der Waals surface area (Å²) >= 11 is 1.53. The number of fused-ring (bicyclic) bond motifs is 1. The van der Waals surface area contributed by atoms with Gasteiger partial charge in [0.25, 0.3) is 0 Å². The van der Waals surface area contributed by atoms with Gasteiger partial charge in [0, 0.05) is 24.4 Å². The zero-order valence-electron chi connectivity index (χ0n) is 14.5. The maximum atomic E-state index is 11.9. The van der Waals surface area contributed by atoms with Crippen LogP contribution in [0.2, 0.25) is 0 Å². The Morgan fingerprint density at radius 1 is 1.60 bits per heavy atom. The third-order valence-corrected chi connectivity index (χ3v) is 5.76. The number of nitrogens with zero attached hydrogens (tertiary/aromatic N) is 2. The number of thiazole rings is 1. The third-order valence-electron chi connectivity index (χ3n) is 4.57. The van der Waals surface area contributed by atoms with E-state index in [-0.39, 0.29) is 24.0 Å². The second-order valence-electron chi connectivity index (χ2n) is 6.21. The average molecular weight is 368 g/mol. The van der Waals surface area contributed by atoms with Crippen LogP contribution >= 0.6 is 11.3 Å². The molecule has 3 heterocycles. The van der Waals surface area contributed by atoms with Crippen molar-refractivity contribution in [3.05, 3.63) is 22.3 Å². The molecule has 5 atom stereocenters. The van der Waals surface area contributed by atoms with Crippen LogP contribution in [-0.2, 0) is 25.4 Å². The molecular weight excluding hydrogens is 344 g/mol. The van der Waals surface area contributed by atoms with Gasteiger partial charge in [-0.2, -0.15) is 0 Å². The van der Waals surface area contributed by atoms with E-state index in [0.717, 1.165) is 11.3 Å². The molecule has 138 valence electrons. The lowest BCUT2D eigenvalue weighted by atomic mass is 9.87. The lowest BCUT2D eigenvalue weighted by Gasteiger charge is -2.52. The quantitative estimate of drug-likeness (QED) is 0.544. The summed E-state index contributed by atoms with van der Waals surface area (Å²) in [5, 5.41) is 2.17. The fourth-order valence-electron chi connectivity index (χ4n) is 3.19. The van der Waals surface area contributed by atoms with Gasteiger partial charge < -0.3 is 25.0 Å².